The van der Waals surface area contributed by atoms with E-state index in [1.54, 1.807) is 0 Å². The molecule has 0 N–H and O–H groups in total. The van der Waals surface area contributed by atoms with Gasteiger partial charge >= 0.3 is 8.56 Å². The van der Waals surface area contributed by atoms with E-state index in [1.165, 1.54) is 77.0 Å². The van der Waals surface area contributed by atoms with E-state index in [-0.39, 0.29) is 0 Å². The summed E-state index contributed by atoms with van der Waals surface area (Å²) in [6.07, 6.45) is 16.0. The van der Waals surface area contributed by atoms with Crippen molar-refractivity contribution in [2.45, 2.75) is 117 Å². The fraction of sp³-hybridized carbons (Fsp3) is 1.00. The Balaban J connectivity index is 3.73. The van der Waals surface area contributed by atoms with Gasteiger partial charge in [-0.25, -0.2) is 0 Å². The van der Waals surface area contributed by atoms with Gasteiger partial charge in [-0.15, -0.1) is 0 Å². The second kappa shape index (κ2) is 17.0. The van der Waals surface area contributed by atoms with Crippen LogP contribution in [0.15, 0.2) is 0 Å². The first kappa shape index (κ1) is 23.1. The highest BCUT2D eigenvalue weighted by molar-refractivity contribution is 6.67. The Bertz CT molecular complexity index is 230. The molecule has 0 heterocycles. The fourth-order valence-corrected chi connectivity index (χ4v) is 5.41. The van der Waals surface area contributed by atoms with E-state index >= 15 is 0 Å². The van der Waals surface area contributed by atoms with Crippen LogP contribution in [0.5, 0.6) is 0 Å². The Kier molecular flexibility index (Phi) is 17.1. The van der Waals surface area contributed by atoms with Crippen LogP contribution in [0.4, 0.5) is 0 Å². The van der Waals surface area contributed by atoms with E-state index in [9.17, 15) is 0 Å². The van der Waals surface area contributed by atoms with Crippen molar-refractivity contribution in [3.8, 4) is 0 Å². The summed E-state index contributed by atoms with van der Waals surface area (Å²) in [5, 5.41) is 0. The highest BCUT2D eigenvalue weighted by Crippen LogP contribution is 2.20. The standard InChI is InChI=1S/C20H44O2Si/c1-5-9-11-13-14-16-18-20-22-23(7-3,8-4)21-19-17-15-12-10-6-2/h5-20H2,1-4H3. The summed E-state index contributed by atoms with van der Waals surface area (Å²) in [5.74, 6) is 0. The van der Waals surface area contributed by atoms with Crippen molar-refractivity contribution in [2.75, 3.05) is 13.2 Å². The number of hydrogen-bond acceptors (Lipinski definition) is 2. The van der Waals surface area contributed by atoms with Gasteiger partial charge in [-0.2, -0.15) is 0 Å². The molecule has 0 atom stereocenters. The first-order valence-corrected chi connectivity index (χ1v) is 12.8. The summed E-state index contributed by atoms with van der Waals surface area (Å²) in [4.78, 5) is 0. The molecule has 0 radical (unpaired) electrons. The average molecular weight is 345 g/mol. The van der Waals surface area contributed by atoms with Crippen LogP contribution in [0, 0.1) is 0 Å². The third-order valence-corrected chi connectivity index (χ3v) is 8.42. The van der Waals surface area contributed by atoms with Crippen LogP contribution in [-0.4, -0.2) is 21.8 Å². The molecule has 140 valence electrons. The van der Waals surface area contributed by atoms with E-state index in [0.29, 0.717) is 0 Å². The van der Waals surface area contributed by atoms with E-state index < -0.39 is 8.56 Å². The minimum atomic E-state index is -1.89. The molecule has 0 aliphatic heterocycles. The summed E-state index contributed by atoms with van der Waals surface area (Å²) < 4.78 is 12.6. The van der Waals surface area contributed by atoms with Crippen molar-refractivity contribution in [3.63, 3.8) is 0 Å². The van der Waals surface area contributed by atoms with Gasteiger partial charge in [0.1, 0.15) is 0 Å². The third kappa shape index (κ3) is 13.1. The molecule has 0 saturated heterocycles. The van der Waals surface area contributed by atoms with Crippen LogP contribution in [0.3, 0.4) is 0 Å². The smallest absolute Gasteiger partial charge is 0.337 e. The normalized spacial score (nSPS) is 12.0. The van der Waals surface area contributed by atoms with Gasteiger partial charge < -0.3 is 8.85 Å². The molecule has 0 bridgehead atoms. The molecule has 2 nitrogen and oxygen atoms in total. The average Bonchev–Trinajstić information content (AvgIpc) is 2.58. The SMILES string of the molecule is CCCCCCCCCO[Si](CC)(CC)OCCCCCCC. The lowest BCUT2D eigenvalue weighted by atomic mass is 10.1. The van der Waals surface area contributed by atoms with Gasteiger partial charge in [0.25, 0.3) is 0 Å². The van der Waals surface area contributed by atoms with E-state index in [2.05, 4.69) is 27.7 Å². The number of rotatable bonds is 18. The molecule has 0 spiro atoms. The van der Waals surface area contributed by atoms with Crippen molar-refractivity contribution >= 4 is 8.56 Å². The van der Waals surface area contributed by atoms with Gasteiger partial charge in [0, 0.05) is 13.2 Å². The molecular formula is C20H44O2Si. The number of hydrogen-bond donors (Lipinski definition) is 0. The molecule has 0 aromatic carbocycles. The lowest BCUT2D eigenvalue weighted by molar-refractivity contribution is 0.163. The van der Waals surface area contributed by atoms with Crippen LogP contribution >= 0.6 is 0 Å². The maximum atomic E-state index is 6.30. The van der Waals surface area contributed by atoms with Gasteiger partial charge in [-0.05, 0) is 24.9 Å². The predicted molar refractivity (Wildman–Crippen MR) is 105 cm³/mol. The zero-order chi connectivity index (χ0) is 17.2. The zero-order valence-electron chi connectivity index (χ0n) is 16.6. The van der Waals surface area contributed by atoms with Crippen LogP contribution < -0.4 is 0 Å². The van der Waals surface area contributed by atoms with E-state index in [1.807, 2.05) is 0 Å². The number of unbranched alkanes of at least 4 members (excludes halogenated alkanes) is 10. The van der Waals surface area contributed by atoms with Crippen molar-refractivity contribution in [3.05, 3.63) is 0 Å². The van der Waals surface area contributed by atoms with Crippen LogP contribution in [-0.2, 0) is 8.85 Å². The first-order valence-electron chi connectivity index (χ1n) is 10.5. The van der Waals surface area contributed by atoms with Crippen molar-refractivity contribution in [1.82, 2.24) is 0 Å². The van der Waals surface area contributed by atoms with Crippen molar-refractivity contribution in [1.29, 1.82) is 0 Å². The molecule has 0 aromatic heterocycles. The maximum Gasteiger partial charge on any atom is 0.337 e. The fourth-order valence-electron chi connectivity index (χ4n) is 2.98. The lowest BCUT2D eigenvalue weighted by Crippen LogP contribution is -2.41. The summed E-state index contributed by atoms with van der Waals surface area (Å²) in [5.41, 5.74) is 0. The van der Waals surface area contributed by atoms with Crippen LogP contribution in [0.2, 0.25) is 12.1 Å². The summed E-state index contributed by atoms with van der Waals surface area (Å²) in [6, 6.07) is 2.18. The lowest BCUT2D eigenvalue weighted by Gasteiger charge is -2.29. The molecular weight excluding hydrogens is 300 g/mol. The van der Waals surface area contributed by atoms with Crippen LogP contribution in [0.1, 0.15) is 105 Å². The summed E-state index contributed by atoms with van der Waals surface area (Å²) >= 11 is 0. The summed E-state index contributed by atoms with van der Waals surface area (Å²) in [6.45, 7) is 10.9. The molecule has 0 saturated carbocycles. The molecule has 0 fully saturated rings. The maximum absolute atomic E-state index is 6.30. The highest BCUT2D eigenvalue weighted by atomic mass is 28.4. The van der Waals surface area contributed by atoms with Gasteiger partial charge in [0.05, 0.1) is 0 Å². The molecule has 0 aromatic rings. The molecule has 0 amide bonds. The van der Waals surface area contributed by atoms with Gasteiger partial charge in [0.15, 0.2) is 0 Å². The monoisotopic (exact) mass is 344 g/mol. The quantitative estimate of drug-likeness (QED) is 0.193. The van der Waals surface area contributed by atoms with Crippen molar-refractivity contribution in [2.24, 2.45) is 0 Å². The van der Waals surface area contributed by atoms with Gasteiger partial charge in [-0.3, -0.25) is 0 Å². The molecule has 3 heteroatoms. The Morgan fingerprint density at radius 2 is 0.826 bits per heavy atom. The predicted octanol–water partition coefficient (Wildman–Crippen LogP) is 7.22. The molecule has 0 aliphatic carbocycles. The van der Waals surface area contributed by atoms with E-state index in [0.717, 1.165) is 25.3 Å². The van der Waals surface area contributed by atoms with E-state index in [4.69, 9.17) is 8.85 Å². The zero-order valence-corrected chi connectivity index (χ0v) is 17.6. The Labute approximate surface area is 148 Å². The first-order chi connectivity index (χ1) is 11.2. The topological polar surface area (TPSA) is 18.5 Å². The summed E-state index contributed by atoms with van der Waals surface area (Å²) in [7, 11) is -1.89. The molecule has 0 unspecified atom stereocenters. The Morgan fingerprint density at radius 3 is 1.17 bits per heavy atom. The molecule has 0 aliphatic rings. The highest BCUT2D eigenvalue weighted by Gasteiger charge is 2.33. The Hall–Kier alpha value is 0.137. The second-order valence-corrected chi connectivity index (χ2v) is 10.7. The minimum Gasteiger partial charge on any atom is -0.394 e. The molecule has 23 heavy (non-hydrogen) atoms. The second-order valence-electron chi connectivity index (χ2n) is 6.85. The Morgan fingerprint density at radius 1 is 0.478 bits per heavy atom. The van der Waals surface area contributed by atoms with Crippen molar-refractivity contribution < 1.29 is 8.85 Å². The largest absolute Gasteiger partial charge is 0.394 e. The van der Waals surface area contributed by atoms with Gasteiger partial charge in [-0.1, -0.05) is 91.9 Å². The minimum absolute atomic E-state index is 0.911. The van der Waals surface area contributed by atoms with Gasteiger partial charge in [0.2, 0.25) is 0 Å². The third-order valence-electron chi connectivity index (χ3n) is 4.80. The molecule has 0 rings (SSSR count). The van der Waals surface area contributed by atoms with Crippen LogP contribution in [0.25, 0.3) is 0 Å².